The Morgan fingerprint density at radius 2 is 2.05 bits per heavy atom. The maximum atomic E-state index is 11.1. The number of rotatable bonds is 3. The van der Waals surface area contributed by atoms with Crippen LogP contribution >= 0.6 is 11.6 Å². The first kappa shape index (κ1) is 14.2. The molecule has 0 bridgehead atoms. The van der Waals surface area contributed by atoms with E-state index in [0.29, 0.717) is 23.7 Å². The number of benzene rings is 1. The summed E-state index contributed by atoms with van der Waals surface area (Å²) in [6, 6.07) is 5.67. The summed E-state index contributed by atoms with van der Waals surface area (Å²) >= 11 is 5.82. The van der Waals surface area contributed by atoms with Gasteiger partial charge in [-0.2, -0.15) is 0 Å². The van der Waals surface area contributed by atoms with Gasteiger partial charge in [-0.25, -0.2) is 0 Å². The molecule has 1 fully saturated rings. The Hall–Kier alpha value is -1.17. The van der Waals surface area contributed by atoms with Gasteiger partial charge in [-0.1, -0.05) is 11.6 Å². The summed E-state index contributed by atoms with van der Waals surface area (Å²) in [6.07, 6.45) is 0. The smallest absolute Gasteiger partial charge is 0.275 e. The van der Waals surface area contributed by atoms with Crippen molar-refractivity contribution in [1.29, 1.82) is 0 Å². The highest BCUT2D eigenvalue weighted by atomic mass is 35.5. The summed E-state index contributed by atoms with van der Waals surface area (Å²) in [6.45, 7) is 6.62. The second kappa shape index (κ2) is 5.86. The largest absolute Gasteiger partial charge is 0.309 e. The highest BCUT2D eigenvalue weighted by molar-refractivity contribution is 6.30. The number of nitrogens with one attached hydrogen (secondary N) is 1. The molecule has 1 aromatic rings. The lowest BCUT2D eigenvalue weighted by Crippen LogP contribution is -2.53. The Morgan fingerprint density at radius 1 is 1.42 bits per heavy atom. The minimum atomic E-state index is -0.365. The molecule has 1 N–H and O–H groups in total. The van der Waals surface area contributed by atoms with Crippen LogP contribution in [0.5, 0.6) is 0 Å². The number of nitro benzene ring substituents is 1. The Labute approximate surface area is 117 Å². The van der Waals surface area contributed by atoms with Crippen molar-refractivity contribution in [3.05, 3.63) is 38.9 Å². The van der Waals surface area contributed by atoms with Crippen LogP contribution in [0.25, 0.3) is 0 Å². The van der Waals surface area contributed by atoms with Crippen molar-refractivity contribution >= 4 is 17.3 Å². The average Bonchev–Trinajstić information content (AvgIpc) is 2.30. The third kappa shape index (κ3) is 3.65. The quantitative estimate of drug-likeness (QED) is 0.684. The van der Waals surface area contributed by atoms with Crippen LogP contribution < -0.4 is 5.32 Å². The molecule has 5 nitrogen and oxygen atoms in total. The van der Waals surface area contributed by atoms with Crippen molar-refractivity contribution < 1.29 is 4.92 Å². The maximum absolute atomic E-state index is 11.1. The molecule has 104 valence electrons. The van der Waals surface area contributed by atoms with E-state index in [9.17, 15) is 10.1 Å². The Kier molecular flexibility index (Phi) is 4.39. The first-order valence-corrected chi connectivity index (χ1v) is 6.74. The molecular formula is C13H18ClN3O2. The van der Waals surface area contributed by atoms with E-state index in [4.69, 9.17) is 11.6 Å². The highest BCUT2D eigenvalue weighted by Gasteiger charge is 2.23. The molecule has 19 heavy (non-hydrogen) atoms. The molecule has 0 radical (unpaired) electrons. The van der Waals surface area contributed by atoms with E-state index < -0.39 is 0 Å². The van der Waals surface area contributed by atoms with Gasteiger partial charge in [0.25, 0.3) is 5.69 Å². The normalized spacial score (nSPS) is 24.4. The highest BCUT2D eigenvalue weighted by Crippen LogP contribution is 2.25. The fraction of sp³-hybridized carbons (Fsp3) is 0.538. The molecule has 1 aliphatic rings. The summed E-state index contributed by atoms with van der Waals surface area (Å²) in [5, 5.41) is 14.9. The van der Waals surface area contributed by atoms with Gasteiger partial charge in [0.2, 0.25) is 0 Å². The molecule has 0 amide bonds. The summed E-state index contributed by atoms with van der Waals surface area (Å²) in [4.78, 5) is 12.9. The van der Waals surface area contributed by atoms with Crippen LogP contribution in [0.4, 0.5) is 5.69 Å². The van der Waals surface area contributed by atoms with E-state index in [1.54, 1.807) is 12.1 Å². The first-order valence-electron chi connectivity index (χ1n) is 6.37. The van der Waals surface area contributed by atoms with Gasteiger partial charge in [-0.15, -0.1) is 0 Å². The van der Waals surface area contributed by atoms with E-state index in [1.807, 2.05) is 0 Å². The van der Waals surface area contributed by atoms with Crippen LogP contribution in [0.15, 0.2) is 18.2 Å². The van der Waals surface area contributed by atoms with E-state index in [1.165, 1.54) is 6.07 Å². The first-order chi connectivity index (χ1) is 8.95. The summed E-state index contributed by atoms with van der Waals surface area (Å²) in [5.41, 5.74) is 0.821. The Balaban J connectivity index is 2.16. The summed E-state index contributed by atoms with van der Waals surface area (Å²) < 4.78 is 0. The molecule has 2 atom stereocenters. The van der Waals surface area contributed by atoms with Gasteiger partial charge >= 0.3 is 0 Å². The predicted octanol–water partition coefficient (Wildman–Crippen LogP) is 2.43. The fourth-order valence-electron chi connectivity index (χ4n) is 2.65. The van der Waals surface area contributed by atoms with Crippen molar-refractivity contribution in [2.45, 2.75) is 32.5 Å². The minimum absolute atomic E-state index is 0.103. The topological polar surface area (TPSA) is 58.4 Å². The summed E-state index contributed by atoms with van der Waals surface area (Å²) in [5.74, 6) is 0. The van der Waals surface area contributed by atoms with Crippen LogP contribution in [0.2, 0.25) is 5.02 Å². The number of halogens is 1. The van der Waals surface area contributed by atoms with Crippen molar-refractivity contribution in [3.8, 4) is 0 Å². The summed E-state index contributed by atoms with van der Waals surface area (Å²) in [7, 11) is 0. The fourth-order valence-corrected chi connectivity index (χ4v) is 2.82. The van der Waals surface area contributed by atoms with Gasteiger partial charge in [0, 0.05) is 48.4 Å². The van der Waals surface area contributed by atoms with E-state index in [0.717, 1.165) is 18.7 Å². The van der Waals surface area contributed by atoms with Gasteiger partial charge in [0.15, 0.2) is 0 Å². The van der Waals surface area contributed by atoms with Gasteiger partial charge < -0.3 is 5.32 Å². The SMILES string of the molecule is CC1CN(Cc2ccc(Cl)cc2[N+](=O)[O-])CC(C)N1. The third-order valence-electron chi connectivity index (χ3n) is 3.27. The zero-order valence-corrected chi connectivity index (χ0v) is 11.9. The van der Waals surface area contributed by atoms with Crippen molar-refractivity contribution in [3.63, 3.8) is 0 Å². The van der Waals surface area contributed by atoms with Crippen molar-refractivity contribution in [1.82, 2.24) is 10.2 Å². The second-order valence-electron chi connectivity index (χ2n) is 5.19. The molecule has 2 unspecified atom stereocenters. The van der Waals surface area contributed by atoms with E-state index in [-0.39, 0.29) is 10.6 Å². The molecule has 2 rings (SSSR count). The molecule has 0 spiro atoms. The van der Waals surface area contributed by atoms with Crippen LogP contribution in [-0.2, 0) is 6.54 Å². The van der Waals surface area contributed by atoms with Gasteiger partial charge in [0.1, 0.15) is 0 Å². The predicted molar refractivity (Wildman–Crippen MR) is 75.4 cm³/mol. The number of nitrogens with zero attached hydrogens (tertiary/aromatic N) is 2. The van der Waals surface area contributed by atoms with Crippen LogP contribution in [-0.4, -0.2) is 35.0 Å². The molecule has 1 aliphatic heterocycles. The average molecular weight is 284 g/mol. The lowest BCUT2D eigenvalue weighted by atomic mass is 10.1. The number of piperazine rings is 1. The molecule has 1 heterocycles. The lowest BCUT2D eigenvalue weighted by Gasteiger charge is -2.36. The van der Waals surface area contributed by atoms with Gasteiger partial charge in [-0.3, -0.25) is 15.0 Å². The number of hydrogen-bond donors (Lipinski definition) is 1. The van der Waals surface area contributed by atoms with Gasteiger partial charge in [-0.05, 0) is 26.0 Å². The molecule has 6 heteroatoms. The van der Waals surface area contributed by atoms with E-state index >= 15 is 0 Å². The van der Waals surface area contributed by atoms with Crippen molar-refractivity contribution in [2.24, 2.45) is 0 Å². The number of hydrogen-bond acceptors (Lipinski definition) is 4. The standard InChI is InChI=1S/C13H18ClN3O2/c1-9-6-16(7-10(2)15-9)8-11-3-4-12(14)5-13(11)17(18)19/h3-5,9-10,15H,6-8H2,1-2H3. The molecule has 0 saturated carbocycles. The number of nitro groups is 1. The zero-order chi connectivity index (χ0) is 14.0. The van der Waals surface area contributed by atoms with Crippen molar-refractivity contribution in [2.75, 3.05) is 13.1 Å². The zero-order valence-electron chi connectivity index (χ0n) is 11.1. The Morgan fingerprint density at radius 3 is 2.63 bits per heavy atom. The molecule has 0 aliphatic carbocycles. The lowest BCUT2D eigenvalue weighted by molar-refractivity contribution is -0.385. The minimum Gasteiger partial charge on any atom is -0.309 e. The Bertz CT molecular complexity index is 471. The molecule has 0 aromatic heterocycles. The van der Waals surface area contributed by atoms with Crippen LogP contribution in [0.3, 0.4) is 0 Å². The van der Waals surface area contributed by atoms with Crippen LogP contribution in [0.1, 0.15) is 19.4 Å². The van der Waals surface area contributed by atoms with Gasteiger partial charge in [0.05, 0.1) is 4.92 Å². The third-order valence-corrected chi connectivity index (χ3v) is 3.51. The van der Waals surface area contributed by atoms with E-state index in [2.05, 4.69) is 24.1 Å². The maximum Gasteiger partial charge on any atom is 0.275 e. The second-order valence-corrected chi connectivity index (χ2v) is 5.63. The molecule has 1 aromatic carbocycles. The monoisotopic (exact) mass is 283 g/mol. The molecule has 1 saturated heterocycles. The van der Waals surface area contributed by atoms with Crippen LogP contribution in [0, 0.1) is 10.1 Å². The molecular weight excluding hydrogens is 266 g/mol.